The van der Waals surface area contributed by atoms with Gasteiger partial charge < -0.3 is 9.67 Å². The Bertz CT molecular complexity index is 685. The molecular formula is C17H19N3O2. The fourth-order valence-corrected chi connectivity index (χ4v) is 2.81. The molecule has 0 unspecified atom stereocenters. The van der Waals surface area contributed by atoms with Crippen LogP contribution in [0.2, 0.25) is 0 Å². The second-order valence-corrected chi connectivity index (χ2v) is 5.58. The van der Waals surface area contributed by atoms with E-state index in [2.05, 4.69) is 27.5 Å². The third kappa shape index (κ3) is 3.36. The number of aromatic hydroxyl groups is 1. The Labute approximate surface area is 129 Å². The topological polar surface area (TPSA) is 66.6 Å². The first-order chi connectivity index (χ1) is 10.7. The molecule has 1 aliphatic rings. The van der Waals surface area contributed by atoms with Crippen molar-refractivity contribution in [1.29, 1.82) is 0 Å². The Hall–Kier alpha value is -2.56. The number of aromatic nitrogens is 1. The quantitative estimate of drug-likeness (QED) is 0.672. The lowest BCUT2D eigenvalue weighted by Crippen LogP contribution is -2.17. The molecule has 2 aromatic rings. The first kappa shape index (κ1) is 14.4. The third-order valence-electron chi connectivity index (χ3n) is 3.97. The molecule has 1 heterocycles. The summed E-state index contributed by atoms with van der Waals surface area (Å²) in [4.78, 5) is 11.9. The number of nitrogens with one attached hydrogen (secondary N) is 1. The van der Waals surface area contributed by atoms with Crippen molar-refractivity contribution in [2.24, 2.45) is 5.10 Å². The van der Waals surface area contributed by atoms with E-state index in [1.807, 2.05) is 6.07 Å². The van der Waals surface area contributed by atoms with Gasteiger partial charge in [0.25, 0.3) is 5.91 Å². The third-order valence-corrected chi connectivity index (χ3v) is 3.97. The van der Waals surface area contributed by atoms with Crippen molar-refractivity contribution in [3.05, 3.63) is 53.9 Å². The Balaban J connectivity index is 1.59. The standard InChI is InChI=1S/C17H19N3O2/c21-16-7-3-4-14(10-16)17(22)19-18-11-13-8-9-20(12-13)15-5-1-2-6-15/h3-4,7-12,15,21H,1-2,5-6H2,(H,19,22)/b18-11+. The average molecular weight is 297 g/mol. The number of hydrazone groups is 1. The van der Waals surface area contributed by atoms with Gasteiger partial charge in [-0.3, -0.25) is 4.79 Å². The van der Waals surface area contributed by atoms with Crippen molar-refractivity contribution in [2.75, 3.05) is 0 Å². The second-order valence-electron chi connectivity index (χ2n) is 5.58. The molecule has 5 nitrogen and oxygen atoms in total. The first-order valence-corrected chi connectivity index (χ1v) is 7.52. The molecule has 0 saturated heterocycles. The van der Waals surface area contributed by atoms with E-state index in [0.717, 1.165) is 5.56 Å². The van der Waals surface area contributed by atoms with Crippen LogP contribution in [-0.4, -0.2) is 21.8 Å². The summed E-state index contributed by atoms with van der Waals surface area (Å²) in [6.45, 7) is 0. The summed E-state index contributed by atoms with van der Waals surface area (Å²) in [6.07, 6.45) is 10.8. The molecule has 0 bridgehead atoms. The van der Waals surface area contributed by atoms with Crippen molar-refractivity contribution in [3.8, 4) is 5.75 Å². The van der Waals surface area contributed by atoms with Gasteiger partial charge in [-0.05, 0) is 37.1 Å². The summed E-state index contributed by atoms with van der Waals surface area (Å²) in [7, 11) is 0. The van der Waals surface area contributed by atoms with Crippen LogP contribution in [0.25, 0.3) is 0 Å². The van der Waals surface area contributed by atoms with Gasteiger partial charge in [-0.1, -0.05) is 18.9 Å². The van der Waals surface area contributed by atoms with Crippen LogP contribution in [0.3, 0.4) is 0 Å². The molecule has 3 rings (SSSR count). The van der Waals surface area contributed by atoms with Crippen molar-refractivity contribution < 1.29 is 9.90 Å². The van der Waals surface area contributed by atoms with E-state index in [1.54, 1.807) is 18.3 Å². The van der Waals surface area contributed by atoms with E-state index >= 15 is 0 Å². The molecule has 2 N–H and O–H groups in total. The average Bonchev–Trinajstić information content (AvgIpc) is 3.18. The number of phenolic OH excluding ortho intramolecular Hbond substituents is 1. The number of hydrogen-bond acceptors (Lipinski definition) is 3. The van der Waals surface area contributed by atoms with Crippen LogP contribution < -0.4 is 5.43 Å². The number of phenols is 1. The van der Waals surface area contributed by atoms with E-state index in [-0.39, 0.29) is 11.7 Å². The smallest absolute Gasteiger partial charge is 0.271 e. The number of carbonyl (C=O) groups is 1. The summed E-state index contributed by atoms with van der Waals surface area (Å²) in [5.41, 5.74) is 3.80. The van der Waals surface area contributed by atoms with Crippen LogP contribution in [0.5, 0.6) is 5.75 Å². The molecule has 1 aromatic carbocycles. The van der Waals surface area contributed by atoms with E-state index in [9.17, 15) is 9.90 Å². The van der Waals surface area contributed by atoms with Crippen molar-refractivity contribution in [3.63, 3.8) is 0 Å². The zero-order chi connectivity index (χ0) is 15.4. The molecule has 0 atom stereocenters. The van der Waals surface area contributed by atoms with Crippen LogP contribution in [0, 0.1) is 0 Å². The molecule has 0 aliphatic heterocycles. The normalized spacial score (nSPS) is 15.5. The largest absolute Gasteiger partial charge is 0.508 e. The zero-order valence-electron chi connectivity index (χ0n) is 12.3. The highest BCUT2D eigenvalue weighted by molar-refractivity contribution is 5.95. The summed E-state index contributed by atoms with van der Waals surface area (Å²) in [5.74, 6) is -0.285. The molecule has 1 fully saturated rings. The second kappa shape index (κ2) is 6.47. The van der Waals surface area contributed by atoms with Gasteiger partial charge in [-0.25, -0.2) is 5.43 Å². The number of amides is 1. The zero-order valence-corrected chi connectivity index (χ0v) is 12.3. The van der Waals surface area contributed by atoms with E-state index in [1.165, 1.54) is 37.8 Å². The van der Waals surface area contributed by atoms with Gasteiger partial charge in [0.1, 0.15) is 5.75 Å². The highest BCUT2D eigenvalue weighted by atomic mass is 16.3. The van der Waals surface area contributed by atoms with E-state index < -0.39 is 0 Å². The van der Waals surface area contributed by atoms with E-state index in [4.69, 9.17) is 0 Å². The Morgan fingerprint density at radius 3 is 2.91 bits per heavy atom. The number of benzene rings is 1. The van der Waals surface area contributed by atoms with Crippen LogP contribution in [-0.2, 0) is 0 Å². The van der Waals surface area contributed by atoms with Gasteiger partial charge >= 0.3 is 0 Å². The van der Waals surface area contributed by atoms with Crippen molar-refractivity contribution >= 4 is 12.1 Å². The number of rotatable bonds is 4. The maximum atomic E-state index is 11.9. The van der Waals surface area contributed by atoms with Gasteiger partial charge in [0.05, 0.1) is 6.21 Å². The van der Waals surface area contributed by atoms with Crippen LogP contribution in [0.1, 0.15) is 47.6 Å². The number of carbonyl (C=O) groups excluding carboxylic acids is 1. The highest BCUT2D eigenvalue weighted by Gasteiger charge is 2.15. The summed E-state index contributed by atoms with van der Waals surface area (Å²) in [6, 6.07) is 8.76. The molecule has 1 aromatic heterocycles. The molecule has 1 aliphatic carbocycles. The summed E-state index contributed by atoms with van der Waals surface area (Å²) < 4.78 is 2.23. The summed E-state index contributed by atoms with van der Waals surface area (Å²) >= 11 is 0. The Morgan fingerprint density at radius 2 is 2.14 bits per heavy atom. The van der Waals surface area contributed by atoms with Crippen LogP contribution >= 0.6 is 0 Å². The molecule has 114 valence electrons. The predicted molar refractivity (Wildman–Crippen MR) is 85.1 cm³/mol. The maximum Gasteiger partial charge on any atom is 0.271 e. The lowest BCUT2D eigenvalue weighted by molar-refractivity contribution is 0.0954. The number of nitrogens with zero attached hydrogens (tertiary/aromatic N) is 2. The van der Waals surface area contributed by atoms with Crippen LogP contribution in [0.4, 0.5) is 0 Å². The van der Waals surface area contributed by atoms with Crippen molar-refractivity contribution in [1.82, 2.24) is 9.99 Å². The Morgan fingerprint density at radius 1 is 1.32 bits per heavy atom. The molecule has 1 amide bonds. The summed E-state index contributed by atoms with van der Waals surface area (Å²) in [5, 5.41) is 13.3. The van der Waals surface area contributed by atoms with Gasteiger partial charge in [-0.2, -0.15) is 5.10 Å². The van der Waals surface area contributed by atoms with E-state index in [0.29, 0.717) is 11.6 Å². The monoisotopic (exact) mass is 297 g/mol. The lowest BCUT2D eigenvalue weighted by atomic mass is 10.2. The molecule has 1 saturated carbocycles. The van der Waals surface area contributed by atoms with Gasteiger partial charge in [0, 0.05) is 29.6 Å². The fourth-order valence-electron chi connectivity index (χ4n) is 2.81. The Kier molecular flexibility index (Phi) is 4.23. The maximum absolute atomic E-state index is 11.9. The lowest BCUT2D eigenvalue weighted by Gasteiger charge is -2.10. The SMILES string of the molecule is O=C(N/N=C/c1ccn(C2CCCC2)c1)c1cccc(O)c1. The molecule has 0 radical (unpaired) electrons. The van der Waals surface area contributed by atoms with Gasteiger partial charge in [0.15, 0.2) is 0 Å². The number of hydrogen-bond donors (Lipinski definition) is 2. The molecular weight excluding hydrogens is 278 g/mol. The minimum atomic E-state index is -0.345. The molecule has 22 heavy (non-hydrogen) atoms. The highest BCUT2D eigenvalue weighted by Crippen LogP contribution is 2.29. The molecule has 5 heteroatoms. The van der Waals surface area contributed by atoms with Crippen molar-refractivity contribution in [2.45, 2.75) is 31.7 Å². The van der Waals surface area contributed by atoms with Gasteiger partial charge in [-0.15, -0.1) is 0 Å². The van der Waals surface area contributed by atoms with Crippen LogP contribution in [0.15, 0.2) is 47.8 Å². The predicted octanol–water partition coefficient (Wildman–Crippen LogP) is 3.07. The first-order valence-electron chi connectivity index (χ1n) is 7.52. The minimum Gasteiger partial charge on any atom is -0.508 e. The fraction of sp³-hybridized carbons (Fsp3) is 0.294. The minimum absolute atomic E-state index is 0.0604. The molecule has 0 spiro atoms. The van der Waals surface area contributed by atoms with Gasteiger partial charge in [0.2, 0.25) is 0 Å².